The van der Waals surface area contributed by atoms with E-state index in [-0.39, 0.29) is 6.61 Å². The maximum atomic E-state index is 13.1. The van der Waals surface area contributed by atoms with Crippen LogP contribution in [0, 0.1) is 0 Å². The molecule has 8 heteroatoms. The predicted molar refractivity (Wildman–Crippen MR) is 127 cm³/mol. The highest BCUT2D eigenvalue weighted by molar-refractivity contribution is 5.91. The van der Waals surface area contributed by atoms with Crippen molar-refractivity contribution < 1.29 is 28.9 Å². The molecule has 0 saturated heterocycles. The van der Waals surface area contributed by atoms with E-state index in [1.807, 2.05) is 6.92 Å². The number of hydrazone groups is 1. The number of hydrogen-bond donors (Lipinski definition) is 2. The average Bonchev–Trinajstić information content (AvgIpc) is 2.88. The number of hydrogen-bond acceptors (Lipinski definition) is 7. The monoisotopic (exact) mass is 462 g/mol. The molecular formula is C26H26N2O6. The molecular weight excluding hydrogens is 436 g/mol. The zero-order valence-electron chi connectivity index (χ0n) is 18.9. The van der Waals surface area contributed by atoms with Gasteiger partial charge in [-0.2, -0.15) is 5.10 Å². The van der Waals surface area contributed by atoms with Crippen LogP contribution in [0.2, 0.25) is 0 Å². The molecule has 0 fully saturated rings. The topological polar surface area (TPSA) is 106 Å². The van der Waals surface area contributed by atoms with Crippen molar-refractivity contribution in [2.45, 2.75) is 12.5 Å². The van der Waals surface area contributed by atoms with Crippen molar-refractivity contribution in [2.24, 2.45) is 5.10 Å². The number of amides is 1. The van der Waals surface area contributed by atoms with Crippen molar-refractivity contribution in [1.82, 2.24) is 5.43 Å². The van der Waals surface area contributed by atoms with E-state index in [0.717, 1.165) is 0 Å². The zero-order chi connectivity index (χ0) is 24.4. The number of carbonyl (C=O) groups excluding carboxylic acids is 2. The number of nitrogens with one attached hydrogen (secondary N) is 1. The molecule has 0 unspecified atom stereocenters. The number of benzene rings is 3. The molecule has 0 spiro atoms. The lowest BCUT2D eigenvalue weighted by atomic mass is 9.85. The fraction of sp³-hybridized carbons (Fsp3) is 0.192. The fourth-order valence-corrected chi connectivity index (χ4v) is 3.22. The average molecular weight is 463 g/mol. The largest absolute Gasteiger partial charge is 0.490 e. The first-order valence-corrected chi connectivity index (χ1v) is 10.6. The Morgan fingerprint density at radius 1 is 0.941 bits per heavy atom. The molecule has 3 rings (SSSR count). The molecule has 34 heavy (non-hydrogen) atoms. The molecule has 8 nitrogen and oxygen atoms in total. The summed E-state index contributed by atoms with van der Waals surface area (Å²) in [6, 6.07) is 22.3. The number of rotatable bonds is 10. The summed E-state index contributed by atoms with van der Waals surface area (Å²) in [5, 5.41) is 15.5. The van der Waals surface area contributed by atoms with Crippen LogP contribution in [0.15, 0.2) is 84.0 Å². The van der Waals surface area contributed by atoms with Crippen LogP contribution in [-0.4, -0.2) is 43.5 Å². The van der Waals surface area contributed by atoms with Gasteiger partial charge in [-0.15, -0.1) is 0 Å². The number of aliphatic hydroxyl groups is 1. The molecule has 0 atom stereocenters. The molecule has 0 heterocycles. The van der Waals surface area contributed by atoms with Crippen LogP contribution >= 0.6 is 0 Å². The first kappa shape index (κ1) is 24.5. The van der Waals surface area contributed by atoms with E-state index >= 15 is 0 Å². The number of ether oxygens (including phenoxy) is 3. The van der Waals surface area contributed by atoms with Gasteiger partial charge >= 0.3 is 5.97 Å². The van der Waals surface area contributed by atoms with Gasteiger partial charge < -0.3 is 19.3 Å². The van der Waals surface area contributed by atoms with E-state index in [0.29, 0.717) is 34.8 Å². The minimum absolute atomic E-state index is 0.252. The molecule has 2 N–H and O–H groups in total. The molecule has 0 aliphatic carbocycles. The van der Waals surface area contributed by atoms with Crippen molar-refractivity contribution in [2.75, 3.05) is 20.3 Å². The molecule has 0 aromatic heterocycles. The fourth-order valence-electron chi connectivity index (χ4n) is 3.22. The standard InChI is InChI=1S/C26H26N2O6/c1-3-33-23-16-19(14-15-22(23)34-18-24(29)32-2)17-27-28-25(30)26(31,20-10-6-4-7-11-20)21-12-8-5-9-13-21/h4-17,31H,3,18H2,1-2H3,(H,28,30)/b27-17-. The highest BCUT2D eigenvalue weighted by Crippen LogP contribution is 2.30. The molecule has 0 radical (unpaired) electrons. The van der Waals surface area contributed by atoms with E-state index in [2.05, 4.69) is 15.3 Å². The van der Waals surface area contributed by atoms with Gasteiger partial charge in [-0.25, -0.2) is 10.2 Å². The Bertz CT molecular complexity index is 1090. The third-order valence-corrected chi connectivity index (χ3v) is 4.93. The summed E-state index contributed by atoms with van der Waals surface area (Å²) in [5.74, 6) is -0.438. The van der Waals surface area contributed by atoms with E-state index in [4.69, 9.17) is 9.47 Å². The highest BCUT2D eigenvalue weighted by atomic mass is 16.6. The highest BCUT2D eigenvalue weighted by Gasteiger charge is 2.39. The van der Waals surface area contributed by atoms with Crippen LogP contribution in [0.5, 0.6) is 11.5 Å². The van der Waals surface area contributed by atoms with Crippen LogP contribution in [0.3, 0.4) is 0 Å². The Morgan fingerprint density at radius 2 is 1.56 bits per heavy atom. The molecule has 0 aliphatic rings. The number of carbonyl (C=O) groups is 2. The zero-order valence-corrected chi connectivity index (χ0v) is 18.9. The van der Waals surface area contributed by atoms with Crippen molar-refractivity contribution in [1.29, 1.82) is 0 Å². The molecule has 0 aliphatic heterocycles. The summed E-state index contributed by atoms with van der Waals surface area (Å²) in [4.78, 5) is 24.4. The maximum Gasteiger partial charge on any atom is 0.343 e. The molecule has 3 aromatic carbocycles. The second-order valence-corrected chi connectivity index (χ2v) is 7.15. The van der Waals surface area contributed by atoms with Crippen molar-refractivity contribution in [3.63, 3.8) is 0 Å². The Balaban J connectivity index is 1.79. The van der Waals surface area contributed by atoms with Crippen LogP contribution in [-0.2, 0) is 19.9 Å². The van der Waals surface area contributed by atoms with E-state index in [1.165, 1.54) is 13.3 Å². The SMILES string of the molecule is CCOc1cc(/C=N\NC(=O)C(O)(c2ccccc2)c2ccccc2)ccc1OCC(=O)OC. The summed E-state index contributed by atoms with van der Waals surface area (Å²) in [6.07, 6.45) is 1.42. The van der Waals surface area contributed by atoms with Crippen molar-refractivity contribution in [3.8, 4) is 11.5 Å². The maximum absolute atomic E-state index is 13.1. The molecule has 0 bridgehead atoms. The smallest absolute Gasteiger partial charge is 0.343 e. The first-order chi connectivity index (χ1) is 16.5. The van der Waals surface area contributed by atoms with Crippen LogP contribution in [0.25, 0.3) is 0 Å². The molecule has 3 aromatic rings. The van der Waals surface area contributed by atoms with Gasteiger partial charge in [0.15, 0.2) is 23.7 Å². The number of nitrogens with zero attached hydrogens (tertiary/aromatic N) is 1. The lowest BCUT2D eigenvalue weighted by molar-refractivity contribution is -0.143. The number of esters is 1. The van der Waals surface area contributed by atoms with Gasteiger partial charge in [-0.05, 0) is 41.8 Å². The van der Waals surface area contributed by atoms with E-state index in [1.54, 1.807) is 78.9 Å². The second-order valence-electron chi connectivity index (χ2n) is 7.15. The van der Waals surface area contributed by atoms with Crippen molar-refractivity contribution in [3.05, 3.63) is 95.6 Å². The first-order valence-electron chi connectivity index (χ1n) is 10.6. The summed E-state index contributed by atoms with van der Waals surface area (Å²) < 4.78 is 15.6. The van der Waals surface area contributed by atoms with Crippen LogP contribution < -0.4 is 14.9 Å². The van der Waals surface area contributed by atoms with Gasteiger partial charge in [-0.3, -0.25) is 4.79 Å². The lowest BCUT2D eigenvalue weighted by Gasteiger charge is -2.27. The Labute approximate surface area is 197 Å². The van der Waals surface area contributed by atoms with E-state index in [9.17, 15) is 14.7 Å². The van der Waals surface area contributed by atoms with Gasteiger partial charge in [0.25, 0.3) is 5.91 Å². The Kier molecular flexibility index (Phi) is 8.37. The van der Waals surface area contributed by atoms with Gasteiger partial charge in [0, 0.05) is 0 Å². The number of methoxy groups -OCH3 is 1. The van der Waals surface area contributed by atoms with Crippen molar-refractivity contribution >= 4 is 18.1 Å². The van der Waals surface area contributed by atoms with Gasteiger partial charge in [0.2, 0.25) is 0 Å². The predicted octanol–water partition coefficient (Wildman–Crippen LogP) is 3.02. The van der Waals surface area contributed by atoms with Crippen LogP contribution in [0.4, 0.5) is 0 Å². The molecule has 176 valence electrons. The third kappa shape index (κ3) is 5.79. The van der Waals surface area contributed by atoms with Crippen LogP contribution in [0.1, 0.15) is 23.6 Å². The third-order valence-electron chi connectivity index (χ3n) is 4.93. The normalized spacial score (nSPS) is 11.1. The summed E-state index contributed by atoms with van der Waals surface area (Å²) in [6.45, 7) is 1.95. The molecule has 0 saturated carbocycles. The second kappa shape index (κ2) is 11.6. The van der Waals surface area contributed by atoms with Gasteiger partial charge in [-0.1, -0.05) is 60.7 Å². The quantitative estimate of drug-likeness (QED) is 0.273. The minimum Gasteiger partial charge on any atom is -0.490 e. The molecule has 1 amide bonds. The summed E-state index contributed by atoms with van der Waals surface area (Å²) in [5.41, 5.74) is 1.94. The summed E-state index contributed by atoms with van der Waals surface area (Å²) in [7, 11) is 1.28. The minimum atomic E-state index is -1.93. The lowest BCUT2D eigenvalue weighted by Crippen LogP contribution is -2.43. The van der Waals surface area contributed by atoms with Gasteiger partial charge in [0.05, 0.1) is 19.9 Å². The summed E-state index contributed by atoms with van der Waals surface area (Å²) >= 11 is 0. The van der Waals surface area contributed by atoms with Gasteiger partial charge in [0.1, 0.15) is 0 Å². The van der Waals surface area contributed by atoms with E-state index < -0.39 is 17.5 Å². The Morgan fingerprint density at radius 3 is 2.12 bits per heavy atom. The Hall–Kier alpha value is -4.17.